The van der Waals surface area contributed by atoms with Crippen LogP contribution in [0.15, 0.2) is 42.5 Å². The maximum absolute atomic E-state index is 12.3. The van der Waals surface area contributed by atoms with Gasteiger partial charge in [-0.25, -0.2) is 0 Å². The van der Waals surface area contributed by atoms with Crippen molar-refractivity contribution in [3.8, 4) is 0 Å². The van der Waals surface area contributed by atoms with Crippen molar-refractivity contribution in [1.82, 2.24) is 0 Å². The smallest absolute Gasteiger partial charge is 0.196 e. The molecule has 2 aromatic carbocycles. The molecule has 0 fully saturated rings. The predicted molar refractivity (Wildman–Crippen MR) is 79.0 cm³/mol. The van der Waals surface area contributed by atoms with Crippen LogP contribution in [-0.2, 0) is 5.33 Å². The Labute approximate surface area is 124 Å². The standard InChI is InChI=1S/C14H9BrCl2O/c15-8-9-6-11(16)13(12(17)7-9)14(18)10-4-2-1-3-5-10/h1-7H,8H2. The molecule has 0 bridgehead atoms. The van der Waals surface area contributed by atoms with Crippen molar-refractivity contribution >= 4 is 44.9 Å². The van der Waals surface area contributed by atoms with Gasteiger partial charge in [-0.2, -0.15) is 0 Å². The molecule has 0 aliphatic rings. The number of hydrogen-bond acceptors (Lipinski definition) is 1. The summed E-state index contributed by atoms with van der Waals surface area (Å²) in [5.74, 6) is -0.160. The fourth-order valence-electron chi connectivity index (χ4n) is 1.65. The Balaban J connectivity index is 2.49. The summed E-state index contributed by atoms with van der Waals surface area (Å²) in [6.45, 7) is 0. The van der Waals surface area contributed by atoms with Gasteiger partial charge < -0.3 is 0 Å². The molecule has 0 saturated heterocycles. The second kappa shape index (κ2) is 5.87. The molecule has 0 N–H and O–H groups in total. The number of carbonyl (C=O) groups is 1. The van der Waals surface area contributed by atoms with Crippen LogP contribution in [0.5, 0.6) is 0 Å². The Morgan fingerprint density at radius 3 is 2.11 bits per heavy atom. The van der Waals surface area contributed by atoms with E-state index in [2.05, 4.69) is 15.9 Å². The van der Waals surface area contributed by atoms with Crippen molar-refractivity contribution in [2.24, 2.45) is 0 Å². The third-order valence-electron chi connectivity index (χ3n) is 2.52. The molecule has 1 nitrogen and oxygen atoms in total. The van der Waals surface area contributed by atoms with E-state index < -0.39 is 0 Å². The second-order valence-corrected chi connectivity index (χ2v) is 5.14. The highest BCUT2D eigenvalue weighted by atomic mass is 79.9. The first-order valence-electron chi connectivity index (χ1n) is 5.27. The third kappa shape index (κ3) is 2.77. The molecule has 4 heteroatoms. The summed E-state index contributed by atoms with van der Waals surface area (Å²) in [5.41, 5.74) is 1.87. The number of hydrogen-bond donors (Lipinski definition) is 0. The molecule has 0 heterocycles. The third-order valence-corrected chi connectivity index (χ3v) is 3.76. The number of rotatable bonds is 3. The van der Waals surface area contributed by atoms with E-state index in [9.17, 15) is 4.79 Å². The summed E-state index contributed by atoms with van der Waals surface area (Å²) < 4.78 is 0. The Morgan fingerprint density at radius 2 is 1.61 bits per heavy atom. The monoisotopic (exact) mass is 342 g/mol. The van der Waals surface area contributed by atoms with Gasteiger partial charge in [0, 0.05) is 10.9 Å². The number of benzene rings is 2. The van der Waals surface area contributed by atoms with E-state index in [1.807, 2.05) is 18.2 Å². The average Bonchev–Trinajstić information content (AvgIpc) is 2.38. The summed E-state index contributed by atoms with van der Waals surface area (Å²) in [6, 6.07) is 12.5. The SMILES string of the molecule is O=C(c1ccccc1)c1c(Cl)cc(CBr)cc1Cl. The first-order chi connectivity index (χ1) is 8.63. The summed E-state index contributed by atoms with van der Waals surface area (Å²) in [6.07, 6.45) is 0. The van der Waals surface area contributed by atoms with Crippen molar-refractivity contribution in [3.05, 3.63) is 69.2 Å². The zero-order valence-electron chi connectivity index (χ0n) is 9.29. The van der Waals surface area contributed by atoms with Gasteiger partial charge in [-0.3, -0.25) is 4.79 Å². The Morgan fingerprint density at radius 1 is 1.06 bits per heavy atom. The summed E-state index contributed by atoms with van der Waals surface area (Å²) in [4.78, 5) is 12.3. The van der Waals surface area contributed by atoms with Crippen LogP contribution in [0, 0.1) is 0 Å². The fraction of sp³-hybridized carbons (Fsp3) is 0.0714. The van der Waals surface area contributed by atoms with Crippen LogP contribution in [0.25, 0.3) is 0 Å². The highest BCUT2D eigenvalue weighted by molar-refractivity contribution is 9.08. The molecule has 0 unspecified atom stereocenters. The highest BCUT2D eigenvalue weighted by Crippen LogP contribution is 2.29. The van der Waals surface area contributed by atoms with Crippen LogP contribution in [0.1, 0.15) is 21.5 Å². The molecule has 0 spiro atoms. The van der Waals surface area contributed by atoms with Crippen molar-refractivity contribution in [2.45, 2.75) is 5.33 Å². The first kappa shape index (κ1) is 13.6. The maximum atomic E-state index is 12.3. The Hall–Kier alpha value is -0.830. The van der Waals surface area contributed by atoms with Gasteiger partial charge in [0.1, 0.15) is 0 Å². The molecule has 0 aliphatic heterocycles. The van der Waals surface area contributed by atoms with E-state index >= 15 is 0 Å². The quantitative estimate of drug-likeness (QED) is 0.558. The van der Waals surface area contributed by atoms with Gasteiger partial charge in [-0.1, -0.05) is 69.5 Å². The summed E-state index contributed by atoms with van der Waals surface area (Å²) in [7, 11) is 0. The van der Waals surface area contributed by atoms with E-state index in [1.165, 1.54) is 0 Å². The Kier molecular flexibility index (Phi) is 4.44. The van der Waals surface area contributed by atoms with Crippen LogP contribution in [0.3, 0.4) is 0 Å². The molecule has 0 atom stereocenters. The van der Waals surface area contributed by atoms with Crippen LogP contribution in [-0.4, -0.2) is 5.78 Å². The molecule has 0 aliphatic carbocycles. The molecule has 2 rings (SSSR count). The van der Waals surface area contributed by atoms with Gasteiger partial charge in [0.15, 0.2) is 5.78 Å². The van der Waals surface area contributed by atoms with E-state index in [-0.39, 0.29) is 5.78 Å². The number of ketones is 1. The van der Waals surface area contributed by atoms with E-state index in [4.69, 9.17) is 23.2 Å². The second-order valence-electron chi connectivity index (χ2n) is 3.76. The normalized spacial score (nSPS) is 10.4. The lowest BCUT2D eigenvalue weighted by Gasteiger charge is -2.08. The van der Waals surface area contributed by atoms with Crippen molar-refractivity contribution in [3.63, 3.8) is 0 Å². The summed E-state index contributed by atoms with van der Waals surface area (Å²) >= 11 is 15.6. The van der Waals surface area contributed by atoms with Crippen LogP contribution < -0.4 is 0 Å². The minimum atomic E-state index is -0.160. The van der Waals surface area contributed by atoms with Gasteiger partial charge in [0.05, 0.1) is 15.6 Å². The van der Waals surface area contributed by atoms with Crippen LogP contribution in [0.4, 0.5) is 0 Å². The van der Waals surface area contributed by atoms with Crippen molar-refractivity contribution in [1.29, 1.82) is 0 Å². The number of alkyl halides is 1. The lowest BCUT2D eigenvalue weighted by atomic mass is 10.0. The predicted octanol–water partition coefficient (Wildman–Crippen LogP) is 5.12. The first-order valence-corrected chi connectivity index (χ1v) is 7.15. The van der Waals surface area contributed by atoms with E-state index in [0.717, 1.165) is 5.56 Å². The lowest BCUT2D eigenvalue weighted by molar-refractivity contribution is 0.103. The van der Waals surface area contributed by atoms with E-state index in [0.29, 0.717) is 26.5 Å². The molecule has 0 radical (unpaired) electrons. The van der Waals surface area contributed by atoms with Gasteiger partial charge in [0.25, 0.3) is 0 Å². The minimum absolute atomic E-state index is 0.160. The van der Waals surface area contributed by atoms with Gasteiger partial charge in [0.2, 0.25) is 0 Å². The molecule has 0 saturated carbocycles. The topological polar surface area (TPSA) is 17.1 Å². The van der Waals surface area contributed by atoms with Crippen LogP contribution >= 0.6 is 39.1 Å². The fourth-order valence-corrected chi connectivity index (χ4v) is 2.68. The van der Waals surface area contributed by atoms with Gasteiger partial charge >= 0.3 is 0 Å². The maximum Gasteiger partial charge on any atom is 0.196 e. The molecule has 0 amide bonds. The van der Waals surface area contributed by atoms with Crippen LogP contribution in [0.2, 0.25) is 10.0 Å². The molecular formula is C14H9BrCl2O. The van der Waals surface area contributed by atoms with Gasteiger partial charge in [-0.15, -0.1) is 0 Å². The zero-order chi connectivity index (χ0) is 13.1. The molecule has 18 heavy (non-hydrogen) atoms. The molecular weight excluding hydrogens is 335 g/mol. The number of carbonyl (C=O) groups excluding carboxylic acids is 1. The van der Waals surface area contributed by atoms with Crippen molar-refractivity contribution < 1.29 is 4.79 Å². The van der Waals surface area contributed by atoms with Gasteiger partial charge in [-0.05, 0) is 17.7 Å². The lowest BCUT2D eigenvalue weighted by Crippen LogP contribution is -2.03. The van der Waals surface area contributed by atoms with Crippen molar-refractivity contribution in [2.75, 3.05) is 0 Å². The van der Waals surface area contributed by atoms with E-state index in [1.54, 1.807) is 24.3 Å². The largest absolute Gasteiger partial charge is 0.288 e. The molecule has 0 aromatic heterocycles. The Bertz CT molecular complexity index is 559. The minimum Gasteiger partial charge on any atom is -0.288 e. The molecule has 2 aromatic rings. The number of halogens is 3. The average molecular weight is 344 g/mol. The molecule has 92 valence electrons. The summed E-state index contributed by atoms with van der Waals surface area (Å²) in [5, 5.41) is 1.41. The zero-order valence-corrected chi connectivity index (χ0v) is 12.4. The highest BCUT2D eigenvalue weighted by Gasteiger charge is 2.17.